The first-order chi connectivity index (χ1) is 26.3. The average molecular weight is 678 g/mol. The highest BCUT2D eigenvalue weighted by atomic mass is 16.3. The molecule has 2 aromatic heterocycles. The molecule has 2 heterocycles. The molecular formula is C50H31NO2. The van der Waals surface area contributed by atoms with Gasteiger partial charge in [0.25, 0.3) is 0 Å². The van der Waals surface area contributed by atoms with E-state index in [2.05, 4.69) is 175 Å². The van der Waals surface area contributed by atoms with E-state index in [1.54, 1.807) is 0 Å². The van der Waals surface area contributed by atoms with Crippen LogP contribution in [0.25, 0.3) is 87.7 Å². The molecule has 0 radical (unpaired) electrons. The SMILES string of the molecule is c1ccc(N(c2ccc(-c3ccc4c(c3)oc3c5ccccc5c(-c5ccc6ccccc6c5)cc43)cc2)c2cccc3c2oc2ccccc23)cc1. The number of nitrogens with zero attached hydrogens (tertiary/aromatic N) is 1. The fourth-order valence-electron chi connectivity index (χ4n) is 8.09. The van der Waals surface area contributed by atoms with Crippen LogP contribution in [-0.4, -0.2) is 0 Å². The summed E-state index contributed by atoms with van der Waals surface area (Å²) in [5.41, 5.74) is 11.3. The molecule has 0 amide bonds. The van der Waals surface area contributed by atoms with Gasteiger partial charge in [-0.05, 0) is 99.1 Å². The van der Waals surface area contributed by atoms with Crippen molar-refractivity contribution in [2.45, 2.75) is 0 Å². The van der Waals surface area contributed by atoms with Crippen LogP contribution >= 0.6 is 0 Å². The smallest absolute Gasteiger partial charge is 0.159 e. The van der Waals surface area contributed by atoms with E-state index in [1.807, 2.05) is 18.2 Å². The summed E-state index contributed by atoms with van der Waals surface area (Å²) in [7, 11) is 0. The zero-order chi connectivity index (χ0) is 34.9. The van der Waals surface area contributed by atoms with Crippen molar-refractivity contribution in [2.24, 2.45) is 0 Å². The van der Waals surface area contributed by atoms with Crippen molar-refractivity contribution in [1.29, 1.82) is 0 Å². The summed E-state index contributed by atoms with van der Waals surface area (Å²) in [6.45, 7) is 0. The van der Waals surface area contributed by atoms with Crippen molar-refractivity contribution < 1.29 is 8.83 Å². The van der Waals surface area contributed by atoms with Gasteiger partial charge in [-0.1, -0.05) is 127 Å². The Bertz CT molecular complexity index is 3170. The average Bonchev–Trinajstić information content (AvgIpc) is 3.80. The largest absolute Gasteiger partial charge is 0.455 e. The highest BCUT2D eigenvalue weighted by molar-refractivity contribution is 6.19. The molecule has 0 atom stereocenters. The van der Waals surface area contributed by atoms with Crippen LogP contribution in [0.4, 0.5) is 17.1 Å². The number of fused-ring (bicyclic) bond motifs is 9. The molecule has 3 heteroatoms. The third-order valence-corrected chi connectivity index (χ3v) is 10.6. The lowest BCUT2D eigenvalue weighted by Crippen LogP contribution is -2.10. The molecule has 0 saturated carbocycles. The zero-order valence-electron chi connectivity index (χ0n) is 28.7. The molecule has 9 aromatic carbocycles. The van der Waals surface area contributed by atoms with Crippen LogP contribution in [0.3, 0.4) is 0 Å². The molecule has 11 rings (SSSR count). The van der Waals surface area contributed by atoms with Crippen LogP contribution in [0.15, 0.2) is 197 Å². The molecule has 11 aromatic rings. The molecule has 53 heavy (non-hydrogen) atoms. The van der Waals surface area contributed by atoms with Gasteiger partial charge in [0.05, 0.1) is 5.69 Å². The first-order valence-electron chi connectivity index (χ1n) is 18.0. The van der Waals surface area contributed by atoms with E-state index in [9.17, 15) is 0 Å². The summed E-state index contributed by atoms with van der Waals surface area (Å²) < 4.78 is 13.2. The summed E-state index contributed by atoms with van der Waals surface area (Å²) in [5.74, 6) is 0. The van der Waals surface area contributed by atoms with E-state index in [-0.39, 0.29) is 0 Å². The van der Waals surface area contributed by atoms with Crippen molar-refractivity contribution in [3.63, 3.8) is 0 Å². The minimum atomic E-state index is 0.869. The Labute approximate surface area is 305 Å². The third-order valence-electron chi connectivity index (χ3n) is 10.6. The van der Waals surface area contributed by atoms with Crippen LogP contribution in [0.1, 0.15) is 0 Å². The van der Waals surface area contributed by atoms with E-state index in [4.69, 9.17) is 8.83 Å². The first-order valence-corrected chi connectivity index (χ1v) is 18.0. The summed E-state index contributed by atoms with van der Waals surface area (Å²) in [4.78, 5) is 2.27. The van der Waals surface area contributed by atoms with Crippen LogP contribution in [0.2, 0.25) is 0 Å². The number of hydrogen-bond acceptors (Lipinski definition) is 3. The molecule has 0 bridgehead atoms. The van der Waals surface area contributed by atoms with Crippen molar-refractivity contribution in [3.05, 3.63) is 188 Å². The van der Waals surface area contributed by atoms with Crippen LogP contribution in [-0.2, 0) is 0 Å². The van der Waals surface area contributed by atoms with Gasteiger partial charge in [-0.2, -0.15) is 0 Å². The molecule has 0 spiro atoms. The third kappa shape index (κ3) is 4.75. The minimum absolute atomic E-state index is 0.869. The first kappa shape index (κ1) is 29.6. The number of anilines is 3. The molecule has 0 aliphatic rings. The molecule has 3 nitrogen and oxygen atoms in total. The Balaban J connectivity index is 1.01. The molecular weight excluding hydrogens is 647 g/mol. The number of rotatable bonds is 5. The summed E-state index contributed by atoms with van der Waals surface area (Å²) >= 11 is 0. The van der Waals surface area contributed by atoms with E-state index >= 15 is 0 Å². The normalized spacial score (nSPS) is 11.8. The Kier molecular flexibility index (Phi) is 6.55. The standard InChI is InChI=1S/C50H31NO2/c1-2-13-37(14-3-1)51(46-19-10-18-43-40-16-8-9-20-47(40)52-50(43)46)38-26-23-33(24-27-38)35-25-28-41-45-31-44(36-22-21-32-11-4-5-12-34(32)29-36)39-15-6-7-17-42(39)49(45)53-48(41)30-35/h1-31H. The summed E-state index contributed by atoms with van der Waals surface area (Å²) in [6.07, 6.45) is 0. The molecule has 0 fully saturated rings. The van der Waals surface area contributed by atoms with Crippen LogP contribution in [0.5, 0.6) is 0 Å². The maximum absolute atomic E-state index is 6.71. The van der Waals surface area contributed by atoms with Gasteiger partial charge in [-0.3, -0.25) is 0 Å². The van der Waals surface area contributed by atoms with E-state index in [0.717, 1.165) is 77.5 Å². The zero-order valence-corrected chi connectivity index (χ0v) is 28.7. The molecule has 0 aliphatic carbocycles. The predicted molar refractivity (Wildman–Crippen MR) is 222 cm³/mol. The molecule has 0 unspecified atom stereocenters. The van der Waals surface area contributed by atoms with Crippen molar-refractivity contribution in [3.8, 4) is 22.3 Å². The maximum Gasteiger partial charge on any atom is 0.159 e. The number of para-hydroxylation sites is 3. The van der Waals surface area contributed by atoms with Gasteiger partial charge in [0, 0.05) is 38.3 Å². The molecule has 248 valence electrons. The second-order valence-corrected chi connectivity index (χ2v) is 13.7. The Hall–Kier alpha value is -7.10. The van der Waals surface area contributed by atoms with Gasteiger partial charge in [0.2, 0.25) is 0 Å². The minimum Gasteiger partial charge on any atom is -0.455 e. The monoisotopic (exact) mass is 677 g/mol. The van der Waals surface area contributed by atoms with E-state index in [0.29, 0.717) is 0 Å². The van der Waals surface area contributed by atoms with Gasteiger partial charge in [0.15, 0.2) is 5.58 Å². The second-order valence-electron chi connectivity index (χ2n) is 13.7. The Morgan fingerprint density at radius 2 is 0.943 bits per heavy atom. The highest BCUT2D eigenvalue weighted by Gasteiger charge is 2.20. The second kappa shape index (κ2) is 11.7. The van der Waals surface area contributed by atoms with Gasteiger partial charge in [-0.15, -0.1) is 0 Å². The lowest BCUT2D eigenvalue weighted by Gasteiger charge is -2.25. The fourth-order valence-corrected chi connectivity index (χ4v) is 8.09. The van der Waals surface area contributed by atoms with Gasteiger partial charge < -0.3 is 13.7 Å². The predicted octanol–water partition coefficient (Wildman–Crippen LogP) is 14.6. The number of hydrogen-bond donors (Lipinski definition) is 0. The van der Waals surface area contributed by atoms with Gasteiger partial charge in [-0.25, -0.2) is 0 Å². The lowest BCUT2D eigenvalue weighted by molar-refractivity contribution is 0.669. The van der Waals surface area contributed by atoms with Crippen LogP contribution < -0.4 is 4.90 Å². The molecule has 0 saturated heterocycles. The van der Waals surface area contributed by atoms with Crippen molar-refractivity contribution in [1.82, 2.24) is 0 Å². The lowest BCUT2D eigenvalue weighted by atomic mass is 9.94. The quantitative estimate of drug-likeness (QED) is 0.182. The van der Waals surface area contributed by atoms with E-state index in [1.165, 1.54) is 27.3 Å². The van der Waals surface area contributed by atoms with E-state index < -0.39 is 0 Å². The molecule has 0 aliphatic heterocycles. The summed E-state index contributed by atoms with van der Waals surface area (Å²) in [6, 6.07) is 66.6. The Morgan fingerprint density at radius 1 is 0.321 bits per heavy atom. The van der Waals surface area contributed by atoms with Crippen LogP contribution in [0, 0.1) is 0 Å². The number of benzene rings is 9. The molecule has 0 N–H and O–H groups in total. The number of furan rings is 2. The summed E-state index contributed by atoms with van der Waals surface area (Å²) in [5, 5.41) is 9.25. The Morgan fingerprint density at radius 3 is 1.81 bits per heavy atom. The topological polar surface area (TPSA) is 29.5 Å². The van der Waals surface area contributed by atoms with Crippen molar-refractivity contribution >= 4 is 82.5 Å². The maximum atomic E-state index is 6.71. The van der Waals surface area contributed by atoms with Crippen molar-refractivity contribution in [2.75, 3.05) is 4.90 Å². The highest BCUT2D eigenvalue weighted by Crippen LogP contribution is 2.44. The van der Waals surface area contributed by atoms with Gasteiger partial charge in [0.1, 0.15) is 16.7 Å². The fraction of sp³-hybridized carbons (Fsp3) is 0. The van der Waals surface area contributed by atoms with Gasteiger partial charge >= 0.3 is 0 Å².